The van der Waals surface area contributed by atoms with Crippen molar-refractivity contribution in [2.24, 2.45) is 9.98 Å². The van der Waals surface area contributed by atoms with Gasteiger partial charge >= 0.3 is 0 Å². The monoisotopic (exact) mass is 312 g/mol. The van der Waals surface area contributed by atoms with Crippen LogP contribution < -0.4 is 5.01 Å². The fourth-order valence-corrected chi connectivity index (χ4v) is 3.26. The van der Waals surface area contributed by atoms with Gasteiger partial charge in [0, 0.05) is 32.2 Å². The first-order chi connectivity index (χ1) is 11.1. The number of aliphatic imine (C=N–C) groups is 2. The Kier molecular flexibility index (Phi) is 2.45. The zero-order chi connectivity index (χ0) is 15.7. The predicted octanol–water partition coefficient (Wildman–Crippen LogP) is 1.67. The standard InChI is InChI=1S/C16H17FN6/c1-10-7-13-12(8-11(10)17)18-15(21-5-3-20(2)4-6-21)16-19-14-9-22(14)23(13)16/h7-9H,3-6H2,1-2H3. The topological polar surface area (TPSA) is 37.5 Å². The number of piperazine rings is 1. The van der Waals surface area contributed by atoms with Crippen LogP contribution in [0.25, 0.3) is 0 Å². The molecule has 5 rings (SSSR count). The summed E-state index contributed by atoms with van der Waals surface area (Å²) >= 11 is 0. The van der Waals surface area contributed by atoms with Crippen molar-refractivity contribution in [3.63, 3.8) is 0 Å². The average molecular weight is 312 g/mol. The highest BCUT2D eigenvalue weighted by molar-refractivity contribution is 6.48. The maximum atomic E-state index is 14.0. The van der Waals surface area contributed by atoms with Gasteiger partial charge in [0.1, 0.15) is 5.82 Å². The number of hydrogen-bond acceptors (Lipinski definition) is 6. The molecule has 0 unspecified atom stereocenters. The lowest BCUT2D eigenvalue weighted by molar-refractivity contribution is 0.217. The minimum Gasteiger partial charge on any atom is -0.351 e. The van der Waals surface area contributed by atoms with Crippen molar-refractivity contribution in [1.82, 2.24) is 14.8 Å². The smallest absolute Gasteiger partial charge is 0.198 e. The number of hydrazine groups is 1. The Morgan fingerprint density at radius 3 is 2.61 bits per heavy atom. The molecule has 118 valence electrons. The maximum absolute atomic E-state index is 14.0. The lowest BCUT2D eigenvalue weighted by Gasteiger charge is -2.38. The van der Waals surface area contributed by atoms with Crippen molar-refractivity contribution in [2.75, 3.05) is 38.2 Å². The van der Waals surface area contributed by atoms with E-state index >= 15 is 0 Å². The molecule has 0 amide bonds. The summed E-state index contributed by atoms with van der Waals surface area (Å²) in [4.78, 5) is 14.0. The Morgan fingerprint density at radius 1 is 1.04 bits per heavy atom. The molecule has 1 fully saturated rings. The lowest BCUT2D eigenvalue weighted by Crippen LogP contribution is -2.53. The van der Waals surface area contributed by atoms with Crippen molar-refractivity contribution >= 4 is 23.0 Å². The number of likely N-dealkylation sites (N-methyl/N-ethyl adjacent to an activating group) is 1. The fraction of sp³-hybridized carbons (Fsp3) is 0.375. The van der Waals surface area contributed by atoms with E-state index in [2.05, 4.69) is 21.8 Å². The van der Waals surface area contributed by atoms with Crippen molar-refractivity contribution in [3.8, 4) is 0 Å². The Labute approximate surface area is 133 Å². The van der Waals surface area contributed by atoms with Gasteiger partial charge in [-0.1, -0.05) is 0 Å². The zero-order valence-corrected chi connectivity index (χ0v) is 13.1. The Balaban J connectivity index is 1.62. The van der Waals surface area contributed by atoms with Crippen molar-refractivity contribution in [3.05, 3.63) is 35.5 Å². The molecule has 1 saturated heterocycles. The largest absolute Gasteiger partial charge is 0.351 e. The average Bonchev–Trinajstić information content (AvgIpc) is 3.20. The normalized spacial score (nSPS) is 22.2. The third-order valence-corrected chi connectivity index (χ3v) is 4.75. The van der Waals surface area contributed by atoms with E-state index in [1.54, 1.807) is 6.92 Å². The highest BCUT2D eigenvalue weighted by Crippen LogP contribution is 2.44. The summed E-state index contributed by atoms with van der Waals surface area (Å²) < 4.78 is 14.0. The molecule has 0 radical (unpaired) electrons. The van der Waals surface area contributed by atoms with E-state index in [1.807, 2.05) is 22.3 Å². The zero-order valence-electron chi connectivity index (χ0n) is 13.1. The number of anilines is 1. The van der Waals surface area contributed by atoms with Crippen LogP contribution in [0.1, 0.15) is 5.56 Å². The SMILES string of the molecule is Cc1cc2c(cc1F)N=C(N1CCN(C)CC1)C1=NC3=CN3N12. The van der Waals surface area contributed by atoms with Crippen LogP contribution in [0.4, 0.5) is 15.8 Å². The number of rotatable bonds is 0. The van der Waals surface area contributed by atoms with E-state index in [0.29, 0.717) is 11.3 Å². The molecule has 7 heteroatoms. The Morgan fingerprint density at radius 2 is 1.83 bits per heavy atom. The van der Waals surface area contributed by atoms with E-state index in [0.717, 1.165) is 49.4 Å². The minimum absolute atomic E-state index is 0.219. The quantitative estimate of drug-likeness (QED) is 0.730. The van der Waals surface area contributed by atoms with Gasteiger partial charge < -0.3 is 9.80 Å². The molecule has 0 aliphatic carbocycles. The van der Waals surface area contributed by atoms with Crippen LogP contribution in [0.15, 0.2) is 34.1 Å². The summed E-state index contributed by atoms with van der Waals surface area (Å²) in [5.41, 5.74) is 2.18. The Bertz CT molecular complexity index is 803. The second-order valence-electron chi connectivity index (χ2n) is 6.39. The van der Waals surface area contributed by atoms with Crippen LogP contribution in [0.5, 0.6) is 0 Å². The fourth-order valence-electron chi connectivity index (χ4n) is 3.26. The molecule has 0 atom stereocenters. The molecular weight excluding hydrogens is 295 g/mol. The number of benzene rings is 1. The van der Waals surface area contributed by atoms with Gasteiger partial charge in [-0.2, -0.15) is 0 Å². The van der Waals surface area contributed by atoms with Crippen LogP contribution in [-0.4, -0.2) is 59.7 Å². The number of nitrogens with zero attached hydrogens (tertiary/aromatic N) is 6. The summed E-state index contributed by atoms with van der Waals surface area (Å²) in [7, 11) is 2.12. The molecule has 0 bridgehead atoms. The van der Waals surface area contributed by atoms with E-state index in [-0.39, 0.29) is 5.82 Å². The highest BCUT2D eigenvalue weighted by atomic mass is 19.1. The molecule has 1 aromatic rings. The molecule has 0 N–H and O–H groups in total. The molecule has 0 aromatic heterocycles. The van der Waals surface area contributed by atoms with Crippen LogP contribution in [0, 0.1) is 12.7 Å². The number of aryl methyl sites for hydroxylation is 1. The van der Waals surface area contributed by atoms with E-state index in [9.17, 15) is 4.39 Å². The van der Waals surface area contributed by atoms with E-state index in [1.165, 1.54) is 6.07 Å². The highest BCUT2D eigenvalue weighted by Gasteiger charge is 2.45. The van der Waals surface area contributed by atoms with Gasteiger partial charge in [0.05, 0.1) is 17.6 Å². The molecule has 23 heavy (non-hydrogen) atoms. The number of fused-ring (bicyclic) bond motifs is 5. The summed E-state index contributed by atoms with van der Waals surface area (Å²) in [6.07, 6.45) is 1.97. The van der Waals surface area contributed by atoms with Crippen molar-refractivity contribution < 1.29 is 4.39 Å². The van der Waals surface area contributed by atoms with Gasteiger partial charge in [-0.05, 0) is 25.6 Å². The first-order valence-electron chi connectivity index (χ1n) is 7.84. The van der Waals surface area contributed by atoms with E-state index in [4.69, 9.17) is 4.99 Å². The third-order valence-electron chi connectivity index (χ3n) is 4.75. The molecular formula is C16H17FN6. The summed E-state index contributed by atoms with van der Waals surface area (Å²) in [5.74, 6) is 2.42. The van der Waals surface area contributed by atoms with Crippen LogP contribution in [0.3, 0.4) is 0 Å². The van der Waals surface area contributed by atoms with Crippen LogP contribution in [0.2, 0.25) is 0 Å². The van der Waals surface area contributed by atoms with Gasteiger partial charge in [-0.25, -0.2) is 24.4 Å². The van der Waals surface area contributed by atoms with Crippen LogP contribution >= 0.6 is 0 Å². The molecule has 1 aromatic carbocycles. The third kappa shape index (κ3) is 1.83. The van der Waals surface area contributed by atoms with Gasteiger partial charge in [-0.3, -0.25) is 0 Å². The maximum Gasteiger partial charge on any atom is 0.198 e. The molecule has 4 heterocycles. The second-order valence-corrected chi connectivity index (χ2v) is 6.39. The first-order valence-corrected chi connectivity index (χ1v) is 7.84. The first kappa shape index (κ1) is 13.1. The van der Waals surface area contributed by atoms with E-state index < -0.39 is 0 Å². The van der Waals surface area contributed by atoms with Gasteiger partial charge in [0.2, 0.25) is 0 Å². The summed E-state index contributed by atoms with van der Waals surface area (Å²) in [6, 6.07) is 3.37. The predicted molar refractivity (Wildman–Crippen MR) is 87.1 cm³/mol. The molecule has 0 spiro atoms. The van der Waals surface area contributed by atoms with Crippen molar-refractivity contribution in [2.45, 2.75) is 6.92 Å². The number of hydrogen-bond donors (Lipinski definition) is 0. The van der Waals surface area contributed by atoms with Gasteiger partial charge in [-0.15, -0.1) is 0 Å². The number of amidine groups is 2. The molecule has 6 nitrogen and oxygen atoms in total. The number of halogens is 1. The second kappa shape index (κ2) is 4.32. The van der Waals surface area contributed by atoms with Crippen molar-refractivity contribution in [1.29, 1.82) is 0 Å². The van der Waals surface area contributed by atoms with Crippen LogP contribution in [-0.2, 0) is 0 Å². The minimum atomic E-state index is -0.219. The lowest BCUT2D eigenvalue weighted by atomic mass is 10.1. The molecule has 4 aliphatic rings. The van der Waals surface area contributed by atoms with Gasteiger partial charge in [0.15, 0.2) is 17.5 Å². The Hall–Kier alpha value is -2.41. The molecule has 4 aliphatic heterocycles. The summed E-state index contributed by atoms with van der Waals surface area (Å²) in [6.45, 7) is 5.58. The van der Waals surface area contributed by atoms with Gasteiger partial charge in [0.25, 0.3) is 0 Å². The summed E-state index contributed by atoms with van der Waals surface area (Å²) in [5, 5.41) is 4.04. The molecule has 0 saturated carbocycles.